The molecule has 0 radical (unpaired) electrons. The molecule has 2 heterocycles. The molecule has 2 aromatic heterocycles. The highest BCUT2D eigenvalue weighted by Gasteiger charge is 2.01. The third kappa shape index (κ3) is 2.12. The molecule has 16 heavy (non-hydrogen) atoms. The zero-order valence-electron chi connectivity index (χ0n) is 9.10. The van der Waals surface area contributed by atoms with Crippen LogP contribution in [-0.4, -0.2) is 21.1 Å². The third-order valence-electron chi connectivity index (χ3n) is 2.23. The van der Waals surface area contributed by atoms with Crippen LogP contribution in [0.2, 0.25) is 0 Å². The molecule has 0 aliphatic heterocycles. The summed E-state index contributed by atoms with van der Waals surface area (Å²) >= 11 is 6.76. The lowest BCUT2D eigenvalue weighted by Crippen LogP contribution is -1.97. The molecule has 4 nitrogen and oxygen atoms in total. The number of hydrogen-bond acceptors (Lipinski definition) is 4. The zero-order chi connectivity index (χ0) is 11.5. The molecule has 0 aliphatic rings. The second-order valence-corrected chi connectivity index (χ2v) is 4.66. The van der Waals surface area contributed by atoms with E-state index in [0.717, 1.165) is 17.1 Å². The Morgan fingerprint density at radius 2 is 2.50 bits per heavy atom. The number of hydrogen-bond donors (Lipinski definition) is 1. The van der Waals surface area contributed by atoms with Gasteiger partial charge in [-0.15, -0.1) is 11.3 Å². The van der Waals surface area contributed by atoms with Gasteiger partial charge in [-0.2, -0.15) is 14.9 Å². The quantitative estimate of drug-likeness (QED) is 0.674. The van der Waals surface area contributed by atoms with Gasteiger partial charge in [-0.25, -0.2) is 0 Å². The van der Waals surface area contributed by atoms with Gasteiger partial charge in [0.15, 0.2) is 5.82 Å². The highest BCUT2D eigenvalue weighted by atomic mass is 32.1. The van der Waals surface area contributed by atoms with E-state index in [1.54, 1.807) is 16.0 Å². The molecule has 0 aliphatic carbocycles. The van der Waals surface area contributed by atoms with Crippen LogP contribution in [0.15, 0.2) is 16.5 Å². The molecule has 84 valence electrons. The van der Waals surface area contributed by atoms with Crippen LogP contribution in [0.5, 0.6) is 0 Å². The van der Waals surface area contributed by atoms with E-state index in [-0.39, 0.29) is 0 Å². The van der Waals surface area contributed by atoms with E-state index in [2.05, 4.69) is 28.3 Å². The standard InChI is InChI=1S/C10H12N4S2/c1-3-9-12-13-10(15)14(9)11-6-8-7(2)4-5-16-8/h4-6H,3H2,1-2H3,(H,13,15)/b11-6-. The molecule has 0 atom stereocenters. The van der Waals surface area contributed by atoms with E-state index in [1.807, 2.05) is 18.5 Å². The predicted octanol–water partition coefficient (Wildman–Crippen LogP) is 2.76. The maximum atomic E-state index is 5.10. The Labute approximate surface area is 103 Å². The van der Waals surface area contributed by atoms with Gasteiger partial charge in [0.25, 0.3) is 0 Å². The Morgan fingerprint density at radius 3 is 3.12 bits per heavy atom. The summed E-state index contributed by atoms with van der Waals surface area (Å²) in [5, 5.41) is 13.2. The maximum Gasteiger partial charge on any atom is 0.216 e. The van der Waals surface area contributed by atoms with Gasteiger partial charge < -0.3 is 0 Å². The van der Waals surface area contributed by atoms with Gasteiger partial charge in [-0.05, 0) is 36.2 Å². The number of nitrogens with one attached hydrogen (secondary N) is 1. The number of aromatic nitrogens is 3. The fraction of sp³-hybridized carbons (Fsp3) is 0.300. The Hall–Kier alpha value is -1.27. The van der Waals surface area contributed by atoms with Crippen molar-refractivity contribution in [3.05, 3.63) is 32.5 Å². The smallest absolute Gasteiger partial charge is 0.216 e. The van der Waals surface area contributed by atoms with E-state index in [4.69, 9.17) is 12.2 Å². The Morgan fingerprint density at radius 1 is 1.69 bits per heavy atom. The molecule has 0 saturated heterocycles. The molecule has 2 rings (SSSR count). The van der Waals surface area contributed by atoms with Gasteiger partial charge in [-0.3, -0.25) is 5.10 Å². The van der Waals surface area contributed by atoms with E-state index in [9.17, 15) is 0 Å². The number of nitrogens with zero attached hydrogens (tertiary/aromatic N) is 3. The first-order chi connectivity index (χ1) is 7.72. The molecular weight excluding hydrogens is 240 g/mol. The number of thiophene rings is 1. The summed E-state index contributed by atoms with van der Waals surface area (Å²) in [4.78, 5) is 1.14. The van der Waals surface area contributed by atoms with Crippen molar-refractivity contribution in [2.24, 2.45) is 5.10 Å². The molecule has 0 amide bonds. The van der Waals surface area contributed by atoms with Crippen molar-refractivity contribution in [1.82, 2.24) is 14.9 Å². The van der Waals surface area contributed by atoms with Crippen LogP contribution in [0.3, 0.4) is 0 Å². The molecule has 2 aromatic rings. The van der Waals surface area contributed by atoms with Crippen LogP contribution in [0, 0.1) is 11.7 Å². The zero-order valence-corrected chi connectivity index (χ0v) is 10.7. The minimum atomic E-state index is 0.530. The maximum absolute atomic E-state index is 5.10. The summed E-state index contributed by atoms with van der Waals surface area (Å²) in [7, 11) is 0. The van der Waals surface area contributed by atoms with Crippen molar-refractivity contribution in [1.29, 1.82) is 0 Å². The lowest BCUT2D eigenvalue weighted by atomic mass is 10.3. The minimum Gasteiger partial charge on any atom is -0.250 e. The molecule has 1 N–H and O–H groups in total. The summed E-state index contributed by atoms with van der Waals surface area (Å²) in [5.41, 5.74) is 1.22. The van der Waals surface area contributed by atoms with E-state index >= 15 is 0 Å². The lowest BCUT2D eigenvalue weighted by Gasteiger charge is -1.95. The fourth-order valence-electron chi connectivity index (χ4n) is 1.30. The Bertz CT molecular complexity index is 561. The van der Waals surface area contributed by atoms with Gasteiger partial charge in [0.05, 0.1) is 11.1 Å². The van der Waals surface area contributed by atoms with Gasteiger partial charge >= 0.3 is 0 Å². The second-order valence-electron chi connectivity index (χ2n) is 3.32. The average Bonchev–Trinajstić information content (AvgIpc) is 2.82. The van der Waals surface area contributed by atoms with Crippen LogP contribution in [-0.2, 0) is 6.42 Å². The Balaban J connectivity index is 2.34. The first kappa shape index (κ1) is 11.2. The summed E-state index contributed by atoms with van der Waals surface area (Å²) in [6.07, 6.45) is 2.62. The van der Waals surface area contributed by atoms with Crippen LogP contribution in [0.4, 0.5) is 0 Å². The van der Waals surface area contributed by atoms with E-state index in [1.165, 1.54) is 5.56 Å². The van der Waals surface area contributed by atoms with Crippen LogP contribution in [0.1, 0.15) is 23.2 Å². The number of H-pyrrole nitrogens is 1. The first-order valence-corrected chi connectivity index (χ1v) is 6.26. The summed E-state index contributed by atoms with van der Waals surface area (Å²) in [6, 6.07) is 2.07. The molecule has 0 saturated carbocycles. The monoisotopic (exact) mass is 252 g/mol. The van der Waals surface area contributed by atoms with Crippen molar-refractivity contribution in [2.75, 3.05) is 0 Å². The molecule has 0 unspecified atom stereocenters. The largest absolute Gasteiger partial charge is 0.250 e. The number of aromatic amines is 1. The molecule has 0 fully saturated rings. The molecular formula is C10H12N4S2. The summed E-state index contributed by atoms with van der Waals surface area (Å²) in [5.74, 6) is 0.843. The molecule has 6 heteroatoms. The van der Waals surface area contributed by atoms with Gasteiger partial charge in [0.1, 0.15) is 0 Å². The fourth-order valence-corrected chi connectivity index (χ4v) is 2.28. The van der Waals surface area contributed by atoms with Gasteiger partial charge in [0.2, 0.25) is 4.77 Å². The lowest BCUT2D eigenvalue weighted by molar-refractivity contribution is 0.780. The van der Waals surface area contributed by atoms with E-state index < -0.39 is 0 Å². The predicted molar refractivity (Wildman–Crippen MR) is 68.8 cm³/mol. The highest BCUT2D eigenvalue weighted by molar-refractivity contribution is 7.71. The Kier molecular flexibility index (Phi) is 3.31. The van der Waals surface area contributed by atoms with Crippen LogP contribution >= 0.6 is 23.6 Å². The topological polar surface area (TPSA) is 46.0 Å². The third-order valence-corrected chi connectivity index (χ3v) is 3.44. The molecule has 0 aromatic carbocycles. The highest BCUT2D eigenvalue weighted by Crippen LogP contribution is 2.12. The van der Waals surface area contributed by atoms with Crippen molar-refractivity contribution in [3.8, 4) is 0 Å². The second kappa shape index (κ2) is 4.71. The average molecular weight is 252 g/mol. The van der Waals surface area contributed by atoms with Crippen molar-refractivity contribution in [2.45, 2.75) is 20.3 Å². The molecule has 0 spiro atoms. The SMILES string of the molecule is CCc1n[nH]c(=S)n1/N=C\c1sccc1C. The van der Waals surface area contributed by atoms with E-state index in [0.29, 0.717) is 4.77 Å². The van der Waals surface area contributed by atoms with Crippen molar-refractivity contribution in [3.63, 3.8) is 0 Å². The summed E-state index contributed by atoms with van der Waals surface area (Å²) < 4.78 is 2.19. The number of aryl methyl sites for hydroxylation is 2. The first-order valence-electron chi connectivity index (χ1n) is 4.97. The number of rotatable bonds is 3. The normalized spacial score (nSPS) is 11.4. The van der Waals surface area contributed by atoms with Crippen molar-refractivity contribution < 1.29 is 0 Å². The van der Waals surface area contributed by atoms with Crippen molar-refractivity contribution >= 4 is 29.8 Å². The van der Waals surface area contributed by atoms with Gasteiger partial charge in [-0.1, -0.05) is 6.92 Å². The van der Waals surface area contributed by atoms with Gasteiger partial charge in [0, 0.05) is 6.42 Å². The van der Waals surface area contributed by atoms with Crippen LogP contribution in [0.25, 0.3) is 0 Å². The summed E-state index contributed by atoms with van der Waals surface area (Å²) in [6.45, 7) is 4.08. The minimum absolute atomic E-state index is 0.530. The van der Waals surface area contributed by atoms with Crippen LogP contribution < -0.4 is 0 Å². The molecule has 0 bridgehead atoms.